The van der Waals surface area contributed by atoms with Gasteiger partial charge < -0.3 is 4.74 Å². The van der Waals surface area contributed by atoms with Gasteiger partial charge in [-0.3, -0.25) is 9.79 Å². The maximum absolute atomic E-state index is 10.9. The van der Waals surface area contributed by atoms with Crippen molar-refractivity contribution in [3.8, 4) is 0 Å². The molecule has 0 aromatic carbocycles. The van der Waals surface area contributed by atoms with Crippen LogP contribution in [0.4, 0.5) is 0 Å². The molecule has 0 aromatic heterocycles. The molecule has 0 aliphatic carbocycles. The molecule has 1 aliphatic heterocycles. The molecule has 1 aliphatic rings. The highest BCUT2D eigenvalue weighted by Gasteiger charge is 2.37. The number of carbonyl (C=O) groups is 2. The minimum atomic E-state index is -1.41. The Morgan fingerprint density at radius 2 is 2.45 bits per heavy atom. The lowest BCUT2D eigenvalue weighted by molar-refractivity contribution is -0.146. The summed E-state index contributed by atoms with van der Waals surface area (Å²) in [6, 6.07) is 0. The first-order valence-electron chi connectivity index (χ1n) is 3.03. The first kappa shape index (κ1) is 7.65. The Kier molecular flexibility index (Phi) is 1.85. The molecule has 0 saturated carbocycles. The van der Waals surface area contributed by atoms with E-state index in [4.69, 9.17) is 0 Å². The fourth-order valence-electron chi connectivity index (χ4n) is 0.801. The lowest BCUT2D eigenvalue weighted by Crippen LogP contribution is -2.35. The van der Waals surface area contributed by atoms with Gasteiger partial charge in [-0.1, -0.05) is 0 Å². The van der Waals surface area contributed by atoms with E-state index in [1.54, 1.807) is 0 Å². The lowest BCUT2D eigenvalue weighted by atomic mass is 10.1. The van der Waals surface area contributed by atoms with E-state index in [0.29, 0.717) is 6.29 Å². The van der Waals surface area contributed by atoms with E-state index in [2.05, 4.69) is 9.73 Å². The van der Waals surface area contributed by atoms with Crippen molar-refractivity contribution >= 4 is 18.5 Å². The summed E-state index contributed by atoms with van der Waals surface area (Å²) in [6.07, 6.45) is 4.78. The molecular formula is C7H7NO3. The van der Waals surface area contributed by atoms with Gasteiger partial charge in [0.25, 0.3) is 0 Å². The zero-order valence-corrected chi connectivity index (χ0v) is 5.98. The van der Waals surface area contributed by atoms with Crippen LogP contribution in [0.1, 0.15) is 0 Å². The van der Waals surface area contributed by atoms with Crippen molar-refractivity contribution in [2.45, 2.75) is 5.54 Å². The molecule has 58 valence electrons. The predicted molar refractivity (Wildman–Crippen MR) is 38.4 cm³/mol. The third kappa shape index (κ3) is 1.07. The van der Waals surface area contributed by atoms with Crippen molar-refractivity contribution in [2.24, 2.45) is 4.99 Å². The molecule has 0 N–H and O–H groups in total. The first-order valence-corrected chi connectivity index (χ1v) is 3.03. The van der Waals surface area contributed by atoms with Crippen molar-refractivity contribution in [3.63, 3.8) is 0 Å². The number of esters is 1. The molecule has 0 saturated heterocycles. The van der Waals surface area contributed by atoms with Gasteiger partial charge in [0.1, 0.15) is 0 Å². The fourth-order valence-corrected chi connectivity index (χ4v) is 0.801. The van der Waals surface area contributed by atoms with Crippen LogP contribution in [0.25, 0.3) is 0 Å². The highest BCUT2D eigenvalue weighted by molar-refractivity contribution is 6.05. The van der Waals surface area contributed by atoms with Gasteiger partial charge in [-0.05, 0) is 12.2 Å². The third-order valence-corrected chi connectivity index (χ3v) is 1.42. The van der Waals surface area contributed by atoms with Gasteiger partial charge >= 0.3 is 5.97 Å². The molecule has 0 amide bonds. The van der Waals surface area contributed by atoms with Gasteiger partial charge in [0.15, 0.2) is 6.29 Å². The van der Waals surface area contributed by atoms with Crippen molar-refractivity contribution in [1.82, 2.24) is 0 Å². The van der Waals surface area contributed by atoms with Crippen LogP contribution in [0.5, 0.6) is 0 Å². The van der Waals surface area contributed by atoms with E-state index in [0.717, 1.165) is 0 Å². The highest BCUT2D eigenvalue weighted by atomic mass is 16.5. The summed E-state index contributed by atoms with van der Waals surface area (Å²) >= 11 is 0. The number of nitrogens with zero attached hydrogens (tertiary/aromatic N) is 1. The molecule has 1 unspecified atom stereocenters. The van der Waals surface area contributed by atoms with Gasteiger partial charge in [0.05, 0.1) is 7.11 Å². The van der Waals surface area contributed by atoms with Crippen LogP contribution in [0.15, 0.2) is 17.1 Å². The molecular weight excluding hydrogens is 146 g/mol. The summed E-state index contributed by atoms with van der Waals surface area (Å²) in [5.74, 6) is -0.655. The second-order valence-electron chi connectivity index (χ2n) is 2.07. The number of carbonyl (C=O) groups excluding carboxylic acids is 2. The number of ether oxygens (including phenoxy) is 1. The smallest absolute Gasteiger partial charge is 0.345 e. The molecule has 0 fully saturated rings. The minimum absolute atomic E-state index is 0.457. The standard InChI is InChI=1S/C7H7NO3/c1-11-6(10)7(5-9)3-2-4-8-7/h2-5H,1H3. The molecule has 11 heavy (non-hydrogen) atoms. The SMILES string of the molecule is COC(=O)C1(C=O)C=CC=N1. The van der Waals surface area contributed by atoms with Gasteiger partial charge in [-0.15, -0.1) is 0 Å². The fraction of sp³-hybridized carbons (Fsp3) is 0.286. The van der Waals surface area contributed by atoms with Crippen LogP contribution in [-0.4, -0.2) is 31.1 Å². The summed E-state index contributed by atoms with van der Waals surface area (Å²) in [7, 11) is 1.22. The number of hydrogen-bond donors (Lipinski definition) is 0. The number of allylic oxidation sites excluding steroid dienone is 1. The quantitative estimate of drug-likeness (QED) is 0.312. The first-order chi connectivity index (χ1) is 5.25. The molecule has 0 radical (unpaired) electrons. The molecule has 1 rings (SSSR count). The second kappa shape index (κ2) is 2.65. The predicted octanol–water partition coefficient (Wildman–Crippen LogP) is -0.262. The van der Waals surface area contributed by atoms with Crippen LogP contribution in [0.2, 0.25) is 0 Å². The second-order valence-corrected chi connectivity index (χ2v) is 2.07. The Hall–Kier alpha value is -1.45. The molecule has 4 nitrogen and oxygen atoms in total. The number of aldehydes is 1. The molecule has 1 heterocycles. The number of rotatable bonds is 2. The molecule has 0 spiro atoms. The zero-order chi connectivity index (χ0) is 8.32. The van der Waals surface area contributed by atoms with Crippen molar-refractivity contribution in [1.29, 1.82) is 0 Å². The topological polar surface area (TPSA) is 55.7 Å². The van der Waals surface area contributed by atoms with E-state index in [1.807, 2.05) is 0 Å². The van der Waals surface area contributed by atoms with Crippen LogP contribution >= 0.6 is 0 Å². The molecule has 4 heteroatoms. The lowest BCUT2D eigenvalue weighted by Gasteiger charge is -2.12. The highest BCUT2D eigenvalue weighted by Crippen LogP contribution is 2.15. The average Bonchev–Trinajstić information content (AvgIpc) is 2.52. The Morgan fingerprint density at radius 1 is 1.73 bits per heavy atom. The largest absolute Gasteiger partial charge is 0.467 e. The summed E-state index contributed by atoms with van der Waals surface area (Å²) in [5.41, 5.74) is -1.41. The average molecular weight is 153 g/mol. The zero-order valence-electron chi connectivity index (χ0n) is 5.98. The third-order valence-electron chi connectivity index (χ3n) is 1.42. The summed E-state index contributed by atoms with van der Waals surface area (Å²) in [6.45, 7) is 0. The minimum Gasteiger partial charge on any atom is -0.467 e. The Labute approximate surface area is 63.6 Å². The Bertz CT molecular complexity index is 230. The van der Waals surface area contributed by atoms with Gasteiger partial charge in [0.2, 0.25) is 5.54 Å². The van der Waals surface area contributed by atoms with Crippen molar-refractivity contribution < 1.29 is 14.3 Å². The van der Waals surface area contributed by atoms with Crippen molar-refractivity contribution in [2.75, 3.05) is 7.11 Å². The van der Waals surface area contributed by atoms with E-state index in [-0.39, 0.29) is 0 Å². The van der Waals surface area contributed by atoms with Gasteiger partial charge in [-0.25, -0.2) is 4.79 Å². The van der Waals surface area contributed by atoms with Gasteiger partial charge in [0, 0.05) is 6.21 Å². The Morgan fingerprint density at radius 3 is 2.82 bits per heavy atom. The van der Waals surface area contributed by atoms with Crippen molar-refractivity contribution in [3.05, 3.63) is 12.2 Å². The monoisotopic (exact) mass is 153 g/mol. The van der Waals surface area contributed by atoms with Crippen LogP contribution in [0, 0.1) is 0 Å². The maximum atomic E-state index is 10.9. The summed E-state index contributed by atoms with van der Waals surface area (Å²) in [4.78, 5) is 25.1. The normalized spacial score (nSPS) is 27.0. The van der Waals surface area contributed by atoms with E-state index in [9.17, 15) is 9.59 Å². The maximum Gasteiger partial charge on any atom is 0.345 e. The van der Waals surface area contributed by atoms with Gasteiger partial charge in [-0.2, -0.15) is 0 Å². The van der Waals surface area contributed by atoms with E-state index >= 15 is 0 Å². The van der Waals surface area contributed by atoms with Crippen LogP contribution < -0.4 is 0 Å². The number of hydrogen-bond acceptors (Lipinski definition) is 4. The van der Waals surface area contributed by atoms with E-state index in [1.165, 1.54) is 25.5 Å². The number of aliphatic imine (C=N–C) groups is 1. The van der Waals surface area contributed by atoms with E-state index < -0.39 is 11.5 Å². The molecule has 0 bridgehead atoms. The molecule has 0 aromatic rings. The van der Waals surface area contributed by atoms with Crippen LogP contribution in [-0.2, 0) is 14.3 Å². The molecule has 1 atom stereocenters. The summed E-state index contributed by atoms with van der Waals surface area (Å²) in [5, 5.41) is 0. The number of methoxy groups -OCH3 is 1. The Balaban J connectivity index is 2.94. The summed E-state index contributed by atoms with van der Waals surface area (Å²) < 4.78 is 4.39. The van der Waals surface area contributed by atoms with Crippen LogP contribution in [0.3, 0.4) is 0 Å².